The second-order valence-electron chi connectivity index (χ2n) is 5.63. The van der Waals surface area contributed by atoms with Crippen LogP contribution in [0.5, 0.6) is 0 Å². The summed E-state index contributed by atoms with van der Waals surface area (Å²) < 4.78 is 25.3. The fourth-order valence-electron chi connectivity index (χ4n) is 2.38. The molecule has 0 bridgehead atoms. The van der Waals surface area contributed by atoms with Crippen LogP contribution in [0.3, 0.4) is 0 Å². The van der Waals surface area contributed by atoms with Crippen LogP contribution in [0, 0.1) is 0 Å². The normalized spacial score (nSPS) is 11.5. The van der Waals surface area contributed by atoms with Gasteiger partial charge in [-0.15, -0.1) is 0 Å². The lowest BCUT2D eigenvalue weighted by atomic mass is 10.1. The Bertz CT molecular complexity index is 810. The Kier molecular flexibility index (Phi) is 6.99. The highest BCUT2D eigenvalue weighted by Gasteiger charge is 2.17. The topological polar surface area (TPSA) is 66.5 Å². The standard InChI is InChI=1S/C18H21ClN2O3S/c1-25(23,24)21(13-11-15-7-3-2-4-8-15)14-12-20-18(22)16-9-5-6-10-17(16)19/h2-10H,11-14H2,1H3,(H,20,22). The predicted molar refractivity (Wildman–Crippen MR) is 100 cm³/mol. The van der Waals surface area contributed by atoms with E-state index in [1.165, 1.54) is 10.6 Å². The summed E-state index contributed by atoms with van der Waals surface area (Å²) in [6.07, 6.45) is 1.79. The van der Waals surface area contributed by atoms with E-state index in [2.05, 4.69) is 5.32 Å². The highest BCUT2D eigenvalue weighted by atomic mass is 35.5. The summed E-state index contributed by atoms with van der Waals surface area (Å²) in [7, 11) is -3.35. The first-order chi connectivity index (χ1) is 11.9. The van der Waals surface area contributed by atoms with Gasteiger partial charge in [-0.05, 0) is 24.1 Å². The van der Waals surface area contributed by atoms with Crippen molar-refractivity contribution in [3.8, 4) is 0 Å². The molecule has 1 N–H and O–H groups in total. The molecule has 0 saturated heterocycles. The summed E-state index contributed by atoms with van der Waals surface area (Å²) in [5.41, 5.74) is 1.44. The van der Waals surface area contributed by atoms with Crippen LogP contribution in [0.25, 0.3) is 0 Å². The third kappa shape index (κ3) is 6.16. The van der Waals surface area contributed by atoms with E-state index in [0.29, 0.717) is 23.6 Å². The zero-order valence-electron chi connectivity index (χ0n) is 14.0. The first-order valence-electron chi connectivity index (χ1n) is 7.89. The van der Waals surface area contributed by atoms with Crippen molar-refractivity contribution in [3.05, 3.63) is 70.7 Å². The Hall–Kier alpha value is -1.89. The SMILES string of the molecule is CS(=O)(=O)N(CCNC(=O)c1ccccc1Cl)CCc1ccccc1. The van der Waals surface area contributed by atoms with Gasteiger partial charge in [0.05, 0.1) is 16.8 Å². The van der Waals surface area contributed by atoms with Crippen LogP contribution in [0.4, 0.5) is 0 Å². The molecule has 0 aromatic heterocycles. The van der Waals surface area contributed by atoms with E-state index in [1.54, 1.807) is 24.3 Å². The fraction of sp³-hybridized carbons (Fsp3) is 0.278. The number of carbonyl (C=O) groups excluding carboxylic acids is 1. The van der Waals surface area contributed by atoms with Crippen molar-refractivity contribution in [2.75, 3.05) is 25.9 Å². The molecule has 0 aliphatic carbocycles. The molecule has 0 saturated carbocycles. The molecule has 0 radical (unpaired) electrons. The average molecular weight is 381 g/mol. The molecule has 2 aromatic rings. The monoisotopic (exact) mass is 380 g/mol. The Morgan fingerprint density at radius 3 is 2.32 bits per heavy atom. The van der Waals surface area contributed by atoms with Crippen LogP contribution < -0.4 is 5.32 Å². The minimum absolute atomic E-state index is 0.210. The Morgan fingerprint density at radius 1 is 1.04 bits per heavy atom. The van der Waals surface area contributed by atoms with Crippen LogP contribution in [-0.4, -0.2) is 44.5 Å². The third-order valence-corrected chi connectivity index (χ3v) is 5.36. The van der Waals surface area contributed by atoms with Crippen LogP contribution in [0.15, 0.2) is 54.6 Å². The van der Waals surface area contributed by atoms with Gasteiger partial charge in [0.1, 0.15) is 0 Å². The molecule has 25 heavy (non-hydrogen) atoms. The lowest BCUT2D eigenvalue weighted by Crippen LogP contribution is -2.39. The number of benzene rings is 2. The van der Waals surface area contributed by atoms with Crippen molar-refractivity contribution >= 4 is 27.5 Å². The van der Waals surface area contributed by atoms with E-state index in [9.17, 15) is 13.2 Å². The van der Waals surface area contributed by atoms with E-state index in [-0.39, 0.29) is 19.0 Å². The van der Waals surface area contributed by atoms with E-state index in [4.69, 9.17) is 11.6 Å². The number of amides is 1. The predicted octanol–water partition coefficient (Wildman–Crippen LogP) is 2.57. The maximum atomic E-state index is 12.1. The van der Waals surface area contributed by atoms with Crippen LogP contribution in [-0.2, 0) is 16.4 Å². The third-order valence-electron chi connectivity index (χ3n) is 3.73. The average Bonchev–Trinajstić information content (AvgIpc) is 2.58. The Morgan fingerprint density at radius 2 is 1.68 bits per heavy atom. The molecular formula is C18H21ClN2O3S. The van der Waals surface area contributed by atoms with E-state index in [1.807, 2.05) is 30.3 Å². The number of sulfonamides is 1. The molecule has 0 aliphatic heterocycles. The molecular weight excluding hydrogens is 360 g/mol. The number of carbonyl (C=O) groups is 1. The Balaban J connectivity index is 1.90. The second kappa shape index (κ2) is 8.99. The summed E-state index contributed by atoms with van der Waals surface area (Å²) >= 11 is 5.98. The molecule has 0 heterocycles. The zero-order valence-corrected chi connectivity index (χ0v) is 15.6. The fourth-order valence-corrected chi connectivity index (χ4v) is 3.44. The summed E-state index contributed by atoms with van der Waals surface area (Å²) in [6.45, 7) is 0.790. The van der Waals surface area contributed by atoms with Crippen LogP contribution >= 0.6 is 11.6 Å². The molecule has 0 unspecified atom stereocenters. The first kappa shape index (κ1) is 19.4. The van der Waals surface area contributed by atoms with Gasteiger partial charge in [0, 0.05) is 19.6 Å². The van der Waals surface area contributed by atoms with Crippen molar-refractivity contribution < 1.29 is 13.2 Å². The molecule has 0 fully saturated rings. The van der Waals surface area contributed by atoms with E-state index < -0.39 is 10.0 Å². The van der Waals surface area contributed by atoms with Gasteiger partial charge in [0.25, 0.3) is 5.91 Å². The minimum atomic E-state index is -3.35. The number of rotatable bonds is 8. The summed E-state index contributed by atoms with van der Waals surface area (Å²) in [6, 6.07) is 16.4. The molecule has 0 spiro atoms. The molecule has 2 aromatic carbocycles. The molecule has 0 aliphatic rings. The van der Waals surface area contributed by atoms with Crippen LogP contribution in [0.2, 0.25) is 5.02 Å². The van der Waals surface area contributed by atoms with Gasteiger partial charge in [0.2, 0.25) is 10.0 Å². The van der Waals surface area contributed by atoms with Gasteiger partial charge in [0.15, 0.2) is 0 Å². The van der Waals surface area contributed by atoms with Gasteiger partial charge in [-0.3, -0.25) is 4.79 Å². The number of halogens is 1. The van der Waals surface area contributed by atoms with Gasteiger partial charge in [-0.2, -0.15) is 0 Å². The quantitative estimate of drug-likeness (QED) is 0.765. The molecule has 134 valence electrons. The van der Waals surface area contributed by atoms with Crippen LogP contribution in [0.1, 0.15) is 15.9 Å². The number of hydrogen-bond donors (Lipinski definition) is 1. The van der Waals surface area contributed by atoms with Gasteiger partial charge in [-0.25, -0.2) is 12.7 Å². The molecule has 1 amide bonds. The smallest absolute Gasteiger partial charge is 0.252 e. The lowest BCUT2D eigenvalue weighted by molar-refractivity contribution is 0.0951. The highest BCUT2D eigenvalue weighted by molar-refractivity contribution is 7.88. The number of nitrogens with zero attached hydrogens (tertiary/aromatic N) is 1. The Labute approximate surface area is 153 Å². The molecule has 7 heteroatoms. The van der Waals surface area contributed by atoms with Gasteiger partial charge in [-0.1, -0.05) is 54.1 Å². The van der Waals surface area contributed by atoms with E-state index in [0.717, 1.165) is 5.56 Å². The highest BCUT2D eigenvalue weighted by Crippen LogP contribution is 2.14. The second-order valence-corrected chi connectivity index (χ2v) is 8.02. The zero-order chi connectivity index (χ0) is 18.3. The summed E-state index contributed by atoms with van der Waals surface area (Å²) in [5, 5.41) is 3.08. The molecule has 0 atom stereocenters. The first-order valence-corrected chi connectivity index (χ1v) is 10.1. The number of hydrogen-bond acceptors (Lipinski definition) is 3. The van der Waals surface area contributed by atoms with Crippen molar-refractivity contribution in [1.82, 2.24) is 9.62 Å². The van der Waals surface area contributed by atoms with Crippen molar-refractivity contribution in [2.45, 2.75) is 6.42 Å². The minimum Gasteiger partial charge on any atom is -0.351 e. The van der Waals surface area contributed by atoms with Gasteiger partial charge < -0.3 is 5.32 Å². The maximum absolute atomic E-state index is 12.1. The molecule has 2 rings (SSSR count). The number of nitrogens with one attached hydrogen (secondary N) is 1. The van der Waals surface area contributed by atoms with Gasteiger partial charge >= 0.3 is 0 Å². The largest absolute Gasteiger partial charge is 0.351 e. The van der Waals surface area contributed by atoms with Crippen molar-refractivity contribution in [3.63, 3.8) is 0 Å². The maximum Gasteiger partial charge on any atom is 0.252 e. The van der Waals surface area contributed by atoms with Crippen molar-refractivity contribution in [2.24, 2.45) is 0 Å². The van der Waals surface area contributed by atoms with E-state index >= 15 is 0 Å². The summed E-state index contributed by atoms with van der Waals surface area (Å²) in [5.74, 6) is -0.317. The van der Waals surface area contributed by atoms with Crippen molar-refractivity contribution in [1.29, 1.82) is 0 Å². The summed E-state index contributed by atoms with van der Waals surface area (Å²) in [4.78, 5) is 12.1. The lowest BCUT2D eigenvalue weighted by Gasteiger charge is -2.20. The molecule has 5 nitrogen and oxygen atoms in total.